The minimum absolute atomic E-state index is 0.112. The number of nitrogens with two attached hydrogens (primary N) is 1. The number of aldehydes is 2. The van der Waals surface area contributed by atoms with Crippen molar-refractivity contribution >= 4 is 172 Å². The summed E-state index contributed by atoms with van der Waals surface area (Å²) in [6, 6.07) is 6.39. The molecule has 0 aliphatic carbocycles. The van der Waals surface area contributed by atoms with Crippen LogP contribution >= 0.6 is 0 Å². The second-order valence-corrected chi connectivity index (χ2v) is 9.77. The van der Waals surface area contributed by atoms with E-state index in [0.717, 1.165) is 4.90 Å². The molecule has 27 heteroatoms. The highest BCUT2D eigenvalue weighted by Gasteiger charge is 2.42. The van der Waals surface area contributed by atoms with Gasteiger partial charge in [0.1, 0.15) is 5.82 Å². The number of carbonyl (C=O) groups excluding carboxylic acids is 4. The lowest BCUT2D eigenvalue weighted by Crippen LogP contribution is -2.79. The fourth-order valence-electron chi connectivity index (χ4n) is 4.35. The number of rotatable bonds is 13. The SMILES string of the molecule is CCC(=O)N(C(=O)CC)c1ncccc1C=O.Nc1ncccc1C=O.[B][B]B([B])B(B(B([B])[B])B([B])[B])B(B([B])[B])B([B])[B]. The second kappa shape index (κ2) is 22.4. The molecule has 0 aliphatic rings. The maximum atomic E-state index is 11.7. The Morgan fingerprint density at radius 2 is 1.16 bits per heavy atom. The lowest BCUT2D eigenvalue weighted by atomic mass is 8.40. The van der Waals surface area contributed by atoms with Crippen molar-refractivity contribution in [3.05, 3.63) is 47.8 Å². The summed E-state index contributed by atoms with van der Waals surface area (Å²) < 4.78 is 0. The molecule has 21 radical (unpaired) electrons. The second-order valence-electron chi connectivity index (χ2n) is 9.77. The maximum absolute atomic E-state index is 11.7. The molecule has 193 valence electrons. The number of nitrogen functional groups attached to an aromatic ring is 1. The Balaban J connectivity index is 0.000000682. The van der Waals surface area contributed by atoms with Crippen molar-refractivity contribution in [3.8, 4) is 0 Å². The molecule has 0 bridgehead atoms. The first-order chi connectivity index (χ1) is 21.1. The Morgan fingerprint density at radius 1 is 0.756 bits per heavy atom. The third kappa shape index (κ3) is 13.6. The Labute approximate surface area is 284 Å². The highest BCUT2D eigenvalue weighted by molar-refractivity contribution is 8.18. The molecule has 2 amide bonds. The number of aromatic nitrogens is 2. The van der Waals surface area contributed by atoms with Crippen molar-refractivity contribution in [2.75, 3.05) is 10.6 Å². The van der Waals surface area contributed by atoms with E-state index >= 15 is 0 Å². The van der Waals surface area contributed by atoms with E-state index in [1.807, 2.05) is 0 Å². The van der Waals surface area contributed by atoms with Crippen LogP contribution in [-0.2, 0) is 9.59 Å². The van der Waals surface area contributed by atoms with Crippen LogP contribution in [-0.4, -0.2) is 170 Å². The predicted octanol–water partition coefficient (Wildman–Crippen LogP) is -5.19. The van der Waals surface area contributed by atoms with Gasteiger partial charge in [0, 0.05) is 161 Å². The van der Waals surface area contributed by atoms with Crippen molar-refractivity contribution < 1.29 is 19.2 Å². The van der Waals surface area contributed by atoms with Crippen LogP contribution in [0.25, 0.3) is 0 Å². The molecule has 0 saturated carbocycles. The first-order valence-corrected chi connectivity index (χ1v) is 13.9. The van der Waals surface area contributed by atoms with Crippen molar-refractivity contribution in [2.24, 2.45) is 0 Å². The lowest BCUT2D eigenvalue weighted by Gasteiger charge is -2.41. The lowest BCUT2D eigenvalue weighted by molar-refractivity contribution is -0.126. The summed E-state index contributed by atoms with van der Waals surface area (Å²) in [4.78, 5) is 53.0. The van der Waals surface area contributed by atoms with E-state index in [2.05, 4.69) is 9.97 Å². The number of anilines is 2. The van der Waals surface area contributed by atoms with Crippen molar-refractivity contribution in [2.45, 2.75) is 26.7 Å². The first-order valence-electron chi connectivity index (χ1n) is 13.9. The maximum Gasteiger partial charge on any atom is 0.234 e. The van der Waals surface area contributed by atoms with E-state index < -0.39 is 51.1 Å². The summed E-state index contributed by atoms with van der Waals surface area (Å²) >= 11 is 0. The molecule has 0 aliphatic heterocycles. The smallest absolute Gasteiger partial charge is 0.234 e. The van der Waals surface area contributed by atoms with E-state index in [4.69, 9.17) is 83.1 Å². The summed E-state index contributed by atoms with van der Waals surface area (Å²) in [6.45, 7) is 3.31. The number of imide groups is 1. The van der Waals surface area contributed by atoms with Gasteiger partial charge in [-0.05, 0) is 24.3 Å². The van der Waals surface area contributed by atoms with Gasteiger partial charge in [0.25, 0.3) is 0 Å². The Hall–Kier alpha value is -2.19. The molecule has 0 saturated heterocycles. The van der Waals surface area contributed by atoms with Gasteiger partial charge in [0.15, 0.2) is 18.4 Å². The van der Waals surface area contributed by atoms with E-state index in [1.165, 1.54) is 19.3 Å². The first kappa shape index (κ1) is 42.8. The number of nitrogens with zero attached hydrogens (tertiary/aromatic N) is 3. The third-order valence-corrected chi connectivity index (χ3v) is 6.59. The van der Waals surface area contributed by atoms with Crippen LogP contribution in [0.4, 0.5) is 11.6 Å². The molecule has 2 rings (SSSR count). The molecular formula is C18H20B19N4O4. The van der Waals surface area contributed by atoms with Gasteiger partial charge < -0.3 is 5.73 Å². The van der Waals surface area contributed by atoms with Gasteiger partial charge in [-0.1, -0.05) is 13.8 Å². The normalized spacial score (nSPS) is 9.29. The molecule has 0 unspecified atom stereocenters. The molecule has 2 N–H and O–H groups in total. The van der Waals surface area contributed by atoms with Crippen LogP contribution in [0.15, 0.2) is 36.7 Å². The number of pyridine rings is 2. The summed E-state index contributed by atoms with van der Waals surface area (Å²) in [5.41, 5.74) is 5.96. The molecule has 0 fully saturated rings. The fourth-order valence-corrected chi connectivity index (χ4v) is 4.35. The molecule has 2 aromatic rings. The van der Waals surface area contributed by atoms with Crippen LogP contribution in [0.5, 0.6) is 0 Å². The summed E-state index contributed by atoms with van der Waals surface area (Å²) in [5.74, 6) is -0.328. The standard InChI is InChI=1S/C12H14N2O3.C6H6N2O.B19/c1-3-10(16)14(11(17)4-2)12-9(8-15)6-5-7-13-12;7-6-5(4-9)2-1-3-8-6;1-11-16(10)19(17(12(2)3)13(4)5)18(14(6)7)15(8)9/h5-8H,3-4H2,1-2H3;1-4H,(H2,7,8);. The van der Waals surface area contributed by atoms with Crippen LogP contribution in [0, 0.1) is 0 Å². The number of carbonyl (C=O) groups is 4. The van der Waals surface area contributed by atoms with E-state index in [1.54, 1.807) is 38.2 Å². The monoisotopic (exact) mass is 565 g/mol. The summed E-state index contributed by atoms with van der Waals surface area (Å²) in [6.07, 6.45) is -1.10. The molecule has 0 spiro atoms. The molecule has 8 nitrogen and oxygen atoms in total. The molecular weight excluding hydrogens is 542 g/mol. The minimum Gasteiger partial charge on any atom is -0.383 e. The van der Waals surface area contributed by atoms with E-state index in [-0.39, 0.29) is 41.9 Å². The molecule has 0 aromatic carbocycles. The Bertz CT molecular complexity index is 1160. The number of hydrogen-bond acceptors (Lipinski definition) is 7. The number of hydrogen-bond donors (Lipinski definition) is 1. The van der Waals surface area contributed by atoms with Crippen molar-refractivity contribution in [1.29, 1.82) is 0 Å². The zero-order valence-corrected chi connectivity index (χ0v) is 25.6. The average molecular weight is 562 g/mol. The third-order valence-electron chi connectivity index (χ3n) is 6.59. The highest BCUT2D eigenvalue weighted by atomic mass is 16.2. The van der Waals surface area contributed by atoms with Crippen LogP contribution in [0.1, 0.15) is 47.4 Å². The van der Waals surface area contributed by atoms with Crippen molar-refractivity contribution in [1.82, 2.24) is 9.97 Å². The van der Waals surface area contributed by atoms with Crippen LogP contribution < -0.4 is 10.6 Å². The van der Waals surface area contributed by atoms with E-state index in [9.17, 15) is 19.2 Å². The zero-order chi connectivity index (χ0) is 34.9. The predicted molar refractivity (Wildman–Crippen MR) is 206 cm³/mol. The van der Waals surface area contributed by atoms with Gasteiger partial charge in [-0.2, -0.15) is 0 Å². The molecule has 45 heavy (non-hydrogen) atoms. The van der Waals surface area contributed by atoms with Gasteiger partial charge in [-0.3, -0.25) is 19.2 Å². The topological polar surface area (TPSA) is 123 Å². The zero-order valence-electron chi connectivity index (χ0n) is 25.6. The van der Waals surface area contributed by atoms with Gasteiger partial charge in [0.05, 0.1) is 11.1 Å². The Morgan fingerprint density at radius 3 is 1.47 bits per heavy atom. The van der Waals surface area contributed by atoms with Crippen LogP contribution in [0.2, 0.25) is 0 Å². The summed E-state index contributed by atoms with van der Waals surface area (Å²) in [7, 11) is 58.4. The largest absolute Gasteiger partial charge is 0.383 e. The molecule has 0 atom stereocenters. The molecule has 2 aromatic heterocycles. The Kier molecular flexibility index (Phi) is 21.3. The van der Waals surface area contributed by atoms with Gasteiger partial charge in [-0.25, -0.2) is 14.9 Å². The van der Waals surface area contributed by atoms with Gasteiger partial charge in [-0.15, -0.1) is 0 Å². The number of amides is 2. The average Bonchev–Trinajstić information content (AvgIpc) is 3.00. The molecule has 2 heterocycles. The highest BCUT2D eigenvalue weighted by Crippen LogP contribution is 2.17. The van der Waals surface area contributed by atoms with Crippen LogP contribution in [0.3, 0.4) is 0 Å². The summed E-state index contributed by atoms with van der Waals surface area (Å²) in [5, 5.41) is 0. The van der Waals surface area contributed by atoms with Crippen molar-refractivity contribution in [3.63, 3.8) is 0 Å². The fraction of sp³-hybridized carbons (Fsp3) is 0.222. The quantitative estimate of drug-likeness (QED) is 0.192. The van der Waals surface area contributed by atoms with Gasteiger partial charge >= 0.3 is 0 Å². The van der Waals surface area contributed by atoms with E-state index in [0.29, 0.717) is 18.1 Å². The van der Waals surface area contributed by atoms with Gasteiger partial charge in [0.2, 0.25) is 11.8 Å². The minimum atomic E-state index is -0.837.